The SMILES string of the molecule is CC(C)Oc1cc(N(C)C)ccc1C(c1ccc(N(C)C)cc1)c1ccc(N(C)C)cc1. The Hall–Kier alpha value is -3.14. The average Bonchev–Trinajstić information content (AvgIpc) is 2.75. The fourth-order valence-corrected chi connectivity index (χ4v) is 3.88. The van der Waals surface area contributed by atoms with Crippen LogP contribution in [0.15, 0.2) is 66.7 Å². The van der Waals surface area contributed by atoms with Crippen LogP contribution in [0.3, 0.4) is 0 Å². The van der Waals surface area contributed by atoms with Crippen LogP contribution in [0.25, 0.3) is 0 Å². The van der Waals surface area contributed by atoms with Gasteiger partial charge in [-0.15, -0.1) is 0 Å². The summed E-state index contributed by atoms with van der Waals surface area (Å²) in [6.45, 7) is 4.16. The van der Waals surface area contributed by atoms with Crippen molar-refractivity contribution >= 4 is 17.1 Å². The van der Waals surface area contributed by atoms with Crippen LogP contribution in [0.2, 0.25) is 0 Å². The van der Waals surface area contributed by atoms with Gasteiger partial charge in [0.2, 0.25) is 0 Å². The van der Waals surface area contributed by atoms with Crippen molar-refractivity contribution in [3.63, 3.8) is 0 Å². The maximum absolute atomic E-state index is 6.34. The molecule has 0 heterocycles. The Morgan fingerprint density at radius 3 is 1.34 bits per heavy atom. The molecule has 3 rings (SSSR count). The monoisotopic (exact) mass is 431 g/mol. The lowest BCUT2D eigenvalue weighted by molar-refractivity contribution is 0.240. The first-order valence-electron chi connectivity index (χ1n) is 11.2. The molecule has 0 unspecified atom stereocenters. The van der Waals surface area contributed by atoms with Crippen LogP contribution in [0.1, 0.15) is 36.5 Å². The van der Waals surface area contributed by atoms with Gasteiger partial charge in [0.15, 0.2) is 0 Å². The normalized spacial score (nSPS) is 11.1. The number of rotatable bonds is 8. The third kappa shape index (κ3) is 5.37. The molecule has 0 atom stereocenters. The van der Waals surface area contributed by atoms with Gasteiger partial charge in [-0.1, -0.05) is 30.3 Å². The molecule has 0 saturated heterocycles. The average molecular weight is 432 g/mol. The van der Waals surface area contributed by atoms with Gasteiger partial charge in [0.1, 0.15) is 5.75 Å². The summed E-state index contributed by atoms with van der Waals surface area (Å²) in [5.74, 6) is 1.01. The molecule has 0 aliphatic rings. The van der Waals surface area contributed by atoms with Crippen molar-refractivity contribution < 1.29 is 4.74 Å². The number of hydrogen-bond donors (Lipinski definition) is 0. The van der Waals surface area contributed by atoms with Crippen molar-refractivity contribution in [1.82, 2.24) is 0 Å². The molecule has 0 fully saturated rings. The van der Waals surface area contributed by atoms with Crippen molar-refractivity contribution in [3.8, 4) is 5.75 Å². The molecular formula is C28H37N3O. The van der Waals surface area contributed by atoms with Gasteiger partial charge in [-0.05, 0) is 55.3 Å². The Balaban J connectivity index is 2.17. The van der Waals surface area contributed by atoms with E-state index in [4.69, 9.17) is 4.74 Å². The molecule has 0 spiro atoms. The fourth-order valence-electron chi connectivity index (χ4n) is 3.88. The second kappa shape index (κ2) is 9.99. The summed E-state index contributed by atoms with van der Waals surface area (Å²) in [6, 6.07) is 24.2. The molecule has 0 bridgehead atoms. The van der Waals surface area contributed by atoms with Crippen LogP contribution in [0.4, 0.5) is 17.1 Å². The van der Waals surface area contributed by atoms with E-state index in [1.807, 2.05) is 0 Å². The predicted octanol–water partition coefficient (Wildman–Crippen LogP) is 5.85. The zero-order chi connectivity index (χ0) is 23.4. The number of anilines is 3. The first-order chi connectivity index (χ1) is 15.2. The minimum atomic E-state index is 0.0763. The van der Waals surface area contributed by atoms with E-state index in [0.29, 0.717) is 0 Å². The second-order valence-corrected chi connectivity index (χ2v) is 9.19. The zero-order valence-electron chi connectivity index (χ0n) is 20.8. The lowest BCUT2D eigenvalue weighted by Gasteiger charge is -2.26. The largest absolute Gasteiger partial charge is 0.491 e. The van der Waals surface area contributed by atoms with E-state index >= 15 is 0 Å². The van der Waals surface area contributed by atoms with Gasteiger partial charge >= 0.3 is 0 Å². The number of ether oxygens (including phenoxy) is 1. The number of benzene rings is 3. The standard InChI is InChI=1S/C28H37N3O/c1-20(2)32-27-19-25(31(7)8)17-18-26(27)28(21-9-13-23(14-10-21)29(3)4)22-11-15-24(16-12-22)30(5)6/h9-20,28H,1-8H3. The number of nitrogens with zero attached hydrogens (tertiary/aromatic N) is 3. The molecule has 4 nitrogen and oxygen atoms in total. The third-order valence-corrected chi connectivity index (χ3v) is 5.67. The summed E-state index contributed by atoms with van der Waals surface area (Å²) in [7, 11) is 12.4. The zero-order valence-corrected chi connectivity index (χ0v) is 20.8. The van der Waals surface area contributed by atoms with Crippen LogP contribution < -0.4 is 19.4 Å². The Morgan fingerprint density at radius 2 is 0.969 bits per heavy atom. The van der Waals surface area contributed by atoms with E-state index in [2.05, 4.69) is 138 Å². The van der Waals surface area contributed by atoms with Crippen molar-refractivity contribution in [2.24, 2.45) is 0 Å². The topological polar surface area (TPSA) is 19.0 Å². The second-order valence-electron chi connectivity index (χ2n) is 9.19. The predicted molar refractivity (Wildman–Crippen MR) is 139 cm³/mol. The molecule has 0 radical (unpaired) electrons. The van der Waals surface area contributed by atoms with E-state index in [0.717, 1.165) is 11.4 Å². The molecule has 170 valence electrons. The quantitative estimate of drug-likeness (QED) is 0.416. The summed E-state index contributed by atoms with van der Waals surface area (Å²) in [4.78, 5) is 6.37. The van der Waals surface area contributed by atoms with Gasteiger partial charge in [0.25, 0.3) is 0 Å². The molecule has 0 aliphatic carbocycles. The number of hydrogen-bond acceptors (Lipinski definition) is 4. The summed E-state index contributed by atoms with van der Waals surface area (Å²) >= 11 is 0. The highest BCUT2D eigenvalue weighted by atomic mass is 16.5. The lowest BCUT2D eigenvalue weighted by Crippen LogP contribution is -2.14. The van der Waals surface area contributed by atoms with Crippen molar-refractivity contribution in [3.05, 3.63) is 83.4 Å². The van der Waals surface area contributed by atoms with Gasteiger partial charge in [0, 0.05) is 76.9 Å². The summed E-state index contributed by atoms with van der Waals surface area (Å²) in [6.07, 6.45) is 0.0963. The van der Waals surface area contributed by atoms with Crippen LogP contribution in [0, 0.1) is 0 Å². The highest BCUT2D eigenvalue weighted by Crippen LogP contribution is 2.40. The molecule has 0 aliphatic heterocycles. The van der Waals surface area contributed by atoms with Crippen molar-refractivity contribution in [2.45, 2.75) is 25.9 Å². The maximum Gasteiger partial charge on any atom is 0.125 e. The van der Waals surface area contributed by atoms with Crippen LogP contribution >= 0.6 is 0 Å². The third-order valence-electron chi connectivity index (χ3n) is 5.67. The fraction of sp³-hybridized carbons (Fsp3) is 0.357. The van der Waals surface area contributed by atoms with Gasteiger partial charge in [-0.2, -0.15) is 0 Å². The van der Waals surface area contributed by atoms with E-state index in [1.165, 1.54) is 28.1 Å². The maximum atomic E-state index is 6.34. The van der Waals surface area contributed by atoms with Gasteiger partial charge in [-0.25, -0.2) is 0 Å². The molecule has 3 aromatic carbocycles. The minimum absolute atomic E-state index is 0.0763. The van der Waals surface area contributed by atoms with Crippen molar-refractivity contribution in [2.75, 3.05) is 57.0 Å². The minimum Gasteiger partial charge on any atom is -0.491 e. The Morgan fingerprint density at radius 1 is 0.562 bits per heavy atom. The molecule has 0 aromatic heterocycles. The summed E-state index contributed by atoms with van der Waals surface area (Å²) in [5.41, 5.74) is 7.20. The highest BCUT2D eigenvalue weighted by Gasteiger charge is 2.22. The van der Waals surface area contributed by atoms with Gasteiger partial charge in [0.05, 0.1) is 6.10 Å². The molecule has 3 aromatic rings. The highest BCUT2D eigenvalue weighted by molar-refractivity contribution is 5.59. The molecular weight excluding hydrogens is 394 g/mol. The molecule has 32 heavy (non-hydrogen) atoms. The van der Waals surface area contributed by atoms with Crippen LogP contribution in [-0.4, -0.2) is 48.4 Å². The van der Waals surface area contributed by atoms with E-state index in [1.54, 1.807) is 0 Å². The summed E-state index contributed by atoms with van der Waals surface area (Å²) in [5, 5.41) is 0. The Labute approximate surface area is 194 Å². The molecule has 0 amide bonds. The molecule has 0 saturated carbocycles. The van der Waals surface area contributed by atoms with Gasteiger partial charge in [-0.3, -0.25) is 0 Å². The van der Waals surface area contributed by atoms with E-state index in [-0.39, 0.29) is 12.0 Å². The van der Waals surface area contributed by atoms with Crippen LogP contribution in [-0.2, 0) is 0 Å². The molecule has 4 heteroatoms. The Bertz CT molecular complexity index is 954. The van der Waals surface area contributed by atoms with Crippen molar-refractivity contribution in [1.29, 1.82) is 0 Å². The smallest absolute Gasteiger partial charge is 0.125 e. The Kier molecular flexibility index (Phi) is 7.34. The lowest BCUT2D eigenvalue weighted by atomic mass is 9.84. The first kappa shape index (κ1) is 23.5. The van der Waals surface area contributed by atoms with Crippen LogP contribution in [0.5, 0.6) is 5.75 Å². The molecule has 0 N–H and O–H groups in total. The summed E-state index contributed by atoms with van der Waals surface area (Å²) < 4.78 is 6.34. The van der Waals surface area contributed by atoms with Gasteiger partial charge < -0.3 is 19.4 Å². The van der Waals surface area contributed by atoms with E-state index in [9.17, 15) is 0 Å². The van der Waals surface area contributed by atoms with E-state index < -0.39 is 0 Å². The first-order valence-corrected chi connectivity index (χ1v) is 11.2.